The van der Waals surface area contributed by atoms with E-state index in [1.54, 1.807) is 4.57 Å². The van der Waals surface area contributed by atoms with Crippen LogP contribution in [0.1, 0.15) is 30.2 Å². The van der Waals surface area contributed by atoms with Gasteiger partial charge >= 0.3 is 0 Å². The Balaban J connectivity index is 0.986. The summed E-state index contributed by atoms with van der Waals surface area (Å²) in [4.78, 5) is 27.9. The van der Waals surface area contributed by atoms with Crippen molar-refractivity contribution >= 4 is 38.9 Å². The van der Waals surface area contributed by atoms with Gasteiger partial charge < -0.3 is 25.8 Å². The van der Waals surface area contributed by atoms with Gasteiger partial charge in [-0.2, -0.15) is 5.10 Å². The third-order valence-corrected chi connectivity index (χ3v) is 11.1. The van der Waals surface area contributed by atoms with Crippen molar-refractivity contribution in [3.63, 3.8) is 0 Å². The number of fused-ring (bicyclic) bond motifs is 2. The molecule has 1 saturated heterocycles. The lowest BCUT2D eigenvalue weighted by Gasteiger charge is -2.42. The average Bonchev–Trinajstić information content (AvgIpc) is 3.81. The number of aliphatic hydroxyl groups is 1. The van der Waals surface area contributed by atoms with E-state index in [0.717, 1.165) is 47.0 Å². The standard InChI is InChI=1S/C38H39F2N9O3S/c1-24-15-26(11-12-46(24)20-38(51,21-47-23-42-22-44-47)30-9-7-25(39)16-31(30)40)43-19-29-18-33-36(53-29)45-35(41)37(50)49(33)28-8-10-34-32(17-28)48(13-14-52-34)27-5-3-2-4-6-27/h2-10,16-18,22-24,26,43,51H,11-15,19-21H2,1H3,(H2,41,45). The number of piperidine rings is 1. The van der Waals surface area contributed by atoms with Gasteiger partial charge in [-0.3, -0.25) is 14.3 Å². The molecule has 1 fully saturated rings. The largest absolute Gasteiger partial charge is 0.490 e. The van der Waals surface area contributed by atoms with E-state index < -0.39 is 17.2 Å². The number of β-amino-alcohol motifs (C(OH)–C–C–N with tert-alkyl or cyclic N) is 1. The highest BCUT2D eigenvalue weighted by molar-refractivity contribution is 7.18. The first-order chi connectivity index (χ1) is 25.6. The van der Waals surface area contributed by atoms with E-state index in [0.29, 0.717) is 42.3 Å². The van der Waals surface area contributed by atoms with Gasteiger partial charge in [0.2, 0.25) is 0 Å². The molecule has 8 rings (SSSR count). The maximum absolute atomic E-state index is 15.0. The SMILES string of the molecule is CC1CC(NCc2cc3c(nc(N)c(=O)n3-c3ccc4c(c3)N(c3ccccc3)CCO4)s2)CCN1CC(O)(Cn1cncn1)c1ccc(F)cc1F. The molecule has 15 heteroatoms. The number of aromatic nitrogens is 5. The molecule has 0 spiro atoms. The van der Waals surface area contributed by atoms with Gasteiger partial charge in [-0.1, -0.05) is 24.3 Å². The van der Waals surface area contributed by atoms with Gasteiger partial charge in [0.05, 0.1) is 30.0 Å². The maximum Gasteiger partial charge on any atom is 0.298 e. The Morgan fingerprint density at radius 2 is 1.91 bits per heavy atom. The van der Waals surface area contributed by atoms with Gasteiger partial charge in [0, 0.05) is 53.9 Å². The summed E-state index contributed by atoms with van der Waals surface area (Å²) in [5, 5.41) is 19.7. The summed E-state index contributed by atoms with van der Waals surface area (Å²) < 4.78 is 37.9. The second-order valence-corrected chi connectivity index (χ2v) is 14.8. The van der Waals surface area contributed by atoms with E-state index in [1.807, 2.05) is 42.5 Å². The number of nitrogens with zero attached hydrogens (tertiary/aromatic N) is 7. The van der Waals surface area contributed by atoms with Crippen LogP contribution in [0.2, 0.25) is 0 Å². The predicted octanol–water partition coefficient (Wildman–Crippen LogP) is 4.96. The van der Waals surface area contributed by atoms with Gasteiger partial charge in [0.25, 0.3) is 5.56 Å². The molecular formula is C38H39F2N9O3S. The van der Waals surface area contributed by atoms with Gasteiger partial charge in [0.15, 0.2) is 5.82 Å². The Bertz CT molecular complexity index is 2300. The number of nitrogens with two attached hydrogens (primary N) is 1. The number of halogens is 2. The Labute approximate surface area is 308 Å². The zero-order valence-corrected chi connectivity index (χ0v) is 29.8. The van der Waals surface area contributed by atoms with Gasteiger partial charge in [-0.25, -0.2) is 23.4 Å². The molecule has 0 amide bonds. The number of rotatable bonds is 10. The summed E-state index contributed by atoms with van der Waals surface area (Å²) in [6.07, 6.45) is 4.38. The number of hydrogen-bond donors (Lipinski definition) is 3. The van der Waals surface area contributed by atoms with Crippen LogP contribution >= 0.6 is 11.3 Å². The Kier molecular flexibility index (Phi) is 9.41. The Morgan fingerprint density at radius 1 is 1.06 bits per heavy atom. The van der Waals surface area contributed by atoms with E-state index in [9.17, 15) is 14.3 Å². The van der Waals surface area contributed by atoms with E-state index in [-0.39, 0.29) is 42.1 Å². The molecule has 0 radical (unpaired) electrons. The fourth-order valence-electron chi connectivity index (χ4n) is 7.50. The molecule has 2 aliphatic rings. The molecular weight excluding hydrogens is 701 g/mol. The summed E-state index contributed by atoms with van der Waals surface area (Å²) in [6.45, 7) is 4.60. The zero-order chi connectivity index (χ0) is 36.7. The minimum absolute atomic E-state index is 0.0107. The number of anilines is 3. The maximum atomic E-state index is 15.0. The minimum Gasteiger partial charge on any atom is -0.490 e. The van der Waals surface area contributed by atoms with Crippen LogP contribution < -0.4 is 26.2 Å². The lowest BCUT2D eigenvalue weighted by atomic mass is 9.89. The van der Waals surface area contributed by atoms with Gasteiger partial charge in [-0.05, 0) is 62.2 Å². The van der Waals surface area contributed by atoms with Crippen molar-refractivity contribution in [1.29, 1.82) is 0 Å². The van der Waals surface area contributed by atoms with Crippen molar-refractivity contribution in [2.45, 2.75) is 50.5 Å². The monoisotopic (exact) mass is 739 g/mol. The number of likely N-dealkylation sites (tertiary alicyclic amines) is 1. The molecule has 274 valence electrons. The highest BCUT2D eigenvalue weighted by Gasteiger charge is 2.38. The van der Waals surface area contributed by atoms with Crippen LogP contribution in [0.25, 0.3) is 16.0 Å². The second-order valence-electron chi connectivity index (χ2n) is 13.7. The van der Waals surface area contributed by atoms with Crippen LogP contribution in [0.5, 0.6) is 5.75 Å². The summed E-state index contributed by atoms with van der Waals surface area (Å²) in [6, 6.07) is 21.3. The first kappa shape index (κ1) is 34.8. The molecule has 0 aliphatic carbocycles. The lowest BCUT2D eigenvalue weighted by Crippen LogP contribution is -2.53. The number of nitrogen functional groups attached to an aromatic ring is 1. The third-order valence-electron chi connectivity index (χ3n) is 10.1. The molecule has 3 aromatic heterocycles. The molecule has 53 heavy (non-hydrogen) atoms. The molecule has 4 N–H and O–H groups in total. The van der Waals surface area contributed by atoms with Crippen LogP contribution in [-0.2, 0) is 18.7 Å². The van der Waals surface area contributed by atoms with E-state index in [1.165, 1.54) is 34.7 Å². The highest BCUT2D eigenvalue weighted by atomic mass is 32.1. The molecule has 12 nitrogen and oxygen atoms in total. The number of ether oxygens (including phenoxy) is 1. The van der Waals surface area contributed by atoms with Crippen molar-refractivity contribution in [3.8, 4) is 11.4 Å². The molecule has 6 aromatic rings. The smallest absolute Gasteiger partial charge is 0.298 e. The fraction of sp³-hybridized carbons (Fsp3) is 0.316. The number of hydrogen-bond acceptors (Lipinski definition) is 11. The fourth-order valence-corrected chi connectivity index (χ4v) is 8.47. The van der Waals surface area contributed by atoms with E-state index in [2.05, 4.69) is 49.2 Å². The van der Waals surface area contributed by atoms with Crippen molar-refractivity contribution < 1.29 is 18.6 Å². The molecule has 5 heterocycles. The first-order valence-electron chi connectivity index (χ1n) is 17.5. The normalized spacial score (nSPS) is 18.8. The van der Waals surface area contributed by atoms with E-state index in [4.69, 9.17) is 10.5 Å². The average molecular weight is 740 g/mol. The Morgan fingerprint density at radius 3 is 2.68 bits per heavy atom. The number of para-hydroxylation sites is 1. The zero-order valence-electron chi connectivity index (χ0n) is 29.0. The van der Waals surface area contributed by atoms with Crippen molar-refractivity contribution in [2.24, 2.45) is 0 Å². The molecule has 0 saturated carbocycles. The van der Waals surface area contributed by atoms with Gasteiger partial charge in [-0.15, -0.1) is 11.3 Å². The molecule has 3 aromatic carbocycles. The molecule has 3 unspecified atom stereocenters. The molecule has 2 aliphatic heterocycles. The van der Waals surface area contributed by atoms with Crippen LogP contribution in [0.15, 0.2) is 90.2 Å². The minimum atomic E-state index is -1.67. The number of thiophene rings is 1. The van der Waals surface area contributed by atoms with Crippen molar-refractivity contribution in [1.82, 2.24) is 34.5 Å². The summed E-state index contributed by atoms with van der Waals surface area (Å²) in [5.74, 6) is -0.845. The summed E-state index contributed by atoms with van der Waals surface area (Å²) in [5.41, 5.74) is 7.39. The topological polar surface area (TPSA) is 140 Å². The highest BCUT2D eigenvalue weighted by Crippen LogP contribution is 2.39. The van der Waals surface area contributed by atoms with Crippen LogP contribution in [0.3, 0.4) is 0 Å². The number of benzene rings is 3. The lowest BCUT2D eigenvalue weighted by molar-refractivity contribution is -0.0391. The summed E-state index contributed by atoms with van der Waals surface area (Å²) in [7, 11) is 0. The molecule has 3 atom stereocenters. The van der Waals surface area contributed by atoms with Gasteiger partial charge in [0.1, 0.15) is 47.1 Å². The van der Waals surface area contributed by atoms with Crippen LogP contribution in [0.4, 0.5) is 26.0 Å². The quantitative estimate of drug-likeness (QED) is 0.177. The third kappa shape index (κ3) is 7.00. The first-order valence-corrected chi connectivity index (χ1v) is 18.4. The van der Waals surface area contributed by atoms with Crippen molar-refractivity contribution in [2.75, 3.05) is 36.9 Å². The summed E-state index contributed by atoms with van der Waals surface area (Å²) >= 11 is 1.49. The predicted molar refractivity (Wildman–Crippen MR) is 200 cm³/mol. The van der Waals surface area contributed by atoms with Crippen LogP contribution in [-0.4, -0.2) is 72.6 Å². The van der Waals surface area contributed by atoms with Crippen LogP contribution in [0, 0.1) is 11.6 Å². The number of nitrogens with one attached hydrogen (secondary N) is 1. The molecule has 0 bridgehead atoms. The Hall–Kier alpha value is -5.22. The second kappa shape index (κ2) is 14.3. The van der Waals surface area contributed by atoms with Crippen molar-refractivity contribution in [3.05, 3.63) is 118 Å². The van der Waals surface area contributed by atoms with E-state index >= 15 is 4.39 Å².